The molecule has 2 rings (SSSR count). The summed E-state index contributed by atoms with van der Waals surface area (Å²) in [5, 5.41) is 14.0. The molecule has 0 radical (unpaired) electrons. The van der Waals surface area contributed by atoms with Crippen LogP contribution >= 0.6 is 0 Å². The molecule has 0 aromatic heterocycles. The van der Waals surface area contributed by atoms with Crippen LogP contribution in [-0.4, -0.2) is 19.0 Å². The molecule has 0 heterocycles. The molecule has 2 N–H and O–H groups in total. The van der Waals surface area contributed by atoms with Gasteiger partial charge in [0.05, 0.1) is 18.3 Å². The third-order valence-electron chi connectivity index (χ3n) is 2.91. The molecule has 0 fully saturated rings. The summed E-state index contributed by atoms with van der Waals surface area (Å²) in [7, 11) is 0. The normalized spacial score (nSPS) is 9.64. The summed E-state index contributed by atoms with van der Waals surface area (Å²) in [5.74, 6) is 1.13. The standard InChI is InChI=1S/C17H17N3O2/c1-13-7-8-16(22-14-5-3-2-4-6-14)15(11-13)20-12-17(21)19-10-9-18/h2-8,11,20H,10,12H2,1H3,(H,19,21). The lowest BCUT2D eigenvalue weighted by molar-refractivity contribution is -0.119. The van der Waals surface area contributed by atoms with E-state index in [1.807, 2.05) is 61.5 Å². The van der Waals surface area contributed by atoms with Gasteiger partial charge >= 0.3 is 0 Å². The van der Waals surface area contributed by atoms with Crippen LogP contribution in [0.3, 0.4) is 0 Å². The minimum atomic E-state index is -0.242. The van der Waals surface area contributed by atoms with Crippen molar-refractivity contribution in [2.45, 2.75) is 6.92 Å². The van der Waals surface area contributed by atoms with E-state index in [1.165, 1.54) is 0 Å². The van der Waals surface area contributed by atoms with E-state index in [9.17, 15) is 4.79 Å². The summed E-state index contributed by atoms with van der Waals surface area (Å²) >= 11 is 0. The molecule has 2 aromatic rings. The van der Waals surface area contributed by atoms with Crippen molar-refractivity contribution >= 4 is 11.6 Å². The lowest BCUT2D eigenvalue weighted by Gasteiger charge is -2.13. The number of nitriles is 1. The first-order chi connectivity index (χ1) is 10.7. The Morgan fingerprint density at radius 2 is 2.00 bits per heavy atom. The zero-order valence-electron chi connectivity index (χ0n) is 12.3. The highest BCUT2D eigenvalue weighted by atomic mass is 16.5. The predicted molar refractivity (Wildman–Crippen MR) is 84.8 cm³/mol. The molecule has 5 heteroatoms. The maximum absolute atomic E-state index is 11.6. The second kappa shape index (κ2) is 7.70. The monoisotopic (exact) mass is 295 g/mol. The number of nitrogens with zero attached hydrogens (tertiary/aromatic N) is 1. The number of para-hydroxylation sites is 1. The molecule has 0 unspecified atom stereocenters. The average molecular weight is 295 g/mol. The number of carbonyl (C=O) groups is 1. The zero-order chi connectivity index (χ0) is 15.8. The van der Waals surface area contributed by atoms with Gasteiger partial charge in [-0.05, 0) is 36.8 Å². The van der Waals surface area contributed by atoms with E-state index in [0.717, 1.165) is 17.0 Å². The first kappa shape index (κ1) is 15.4. The minimum absolute atomic E-state index is 0.00169. The van der Waals surface area contributed by atoms with Gasteiger partial charge in [0.25, 0.3) is 0 Å². The fraction of sp³-hybridized carbons (Fsp3) is 0.176. The first-order valence-electron chi connectivity index (χ1n) is 6.90. The van der Waals surface area contributed by atoms with Crippen molar-refractivity contribution in [3.63, 3.8) is 0 Å². The molecule has 0 atom stereocenters. The molecule has 5 nitrogen and oxygen atoms in total. The van der Waals surface area contributed by atoms with Gasteiger partial charge in [-0.15, -0.1) is 0 Å². The molecule has 0 aliphatic rings. The summed E-state index contributed by atoms with van der Waals surface area (Å²) in [6.45, 7) is 2.05. The zero-order valence-corrected chi connectivity index (χ0v) is 12.3. The largest absolute Gasteiger partial charge is 0.455 e. The molecule has 0 saturated carbocycles. The van der Waals surface area contributed by atoms with Crippen LogP contribution in [0.25, 0.3) is 0 Å². The van der Waals surface area contributed by atoms with Gasteiger partial charge in [0, 0.05) is 0 Å². The molecule has 22 heavy (non-hydrogen) atoms. The van der Waals surface area contributed by atoms with Crippen LogP contribution in [0, 0.1) is 18.3 Å². The van der Waals surface area contributed by atoms with Crippen LogP contribution in [0.4, 0.5) is 5.69 Å². The van der Waals surface area contributed by atoms with Crippen LogP contribution < -0.4 is 15.4 Å². The van der Waals surface area contributed by atoms with E-state index >= 15 is 0 Å². The number of hydrogen-bond acceptors (Lipinski definition) is 4. The van der Waals surface area contributed by atoms with Crippen molar-refractivity contribution in [1.82, 2.24) is 5.32 Å². The van der Waals surface area contributed by atoms with Crippen molar-refractivity contribution in [3.05, 3.63) is 54.1 Å². The molecule has 0 spiro atoms. The Kier molecular flexibility index (Phi) is 5.38. The molecule has 0 saturated heterocycles. The van der Waals surface area contributed by atoms with Gasteiger partial charge < -0.3 is 15.4 Å². The first-order valence-corrected chi connectivity index (χ1v) is 6.90. The third-order valence-corrected chi connectivity index (χ3v) is 2.91. The van der Waals surface area contributed by atoms with Gasteiger partial charge in [-0.2, -0.15) is 5.26 Å². The maximum atomic E-state index is 11.6. The van der Waals surface area contributed by atoms with Crippen LogP contribution in [0.15, 0.2) is 48.5 Å². The summed E-state index contributed by atoms with van der Waals surface area (Å²) in [5.41, 5.74) is 1.79. The van der Waals surface area contributed by atoms with Crippen LogP contribution in [-0.2, 0) is 4.79 Å². The number of amides is 1. The van der Waals surface area contributed by atoms with Gasteiger partial charge in [0.15, 0.2) is 5.75 Å². The SMILES string of the molecule is Cc1ccc(Oc2ccccc2)c(NCC(=O)NCC#N)c1. The van der Waals surface area contributed by atoms with Crippen LogP contribution in [0.2, 0.25) is 0 Å². The van der Waals surface area contributed by atoms with E-state index in [2.05, 4.69) is 10.6 Å². The molecule has 2 aromatic carbocycles. The number of nitrogens with one attached hydrogen (secondary N) is 2. The second-order valence-corrected chi connectivity index (χ2v) is 4.70. The van der Waals surface area contributed by atoms with Gasteiger partial charge in [0.1, 0.15) is 12.3 Å². The lowest BCUT2D eigenvalue weighted by Crippen LogP contribution is -2.30. The highest BCUT2D eigenvalue weighted by molar-refractivity contribution is 5.81. The fourth-order valence-electron chi connectivity index (χ4n) is 1.86. The number of hydrogen-bond donors (Lipinski definition) is 2. The maximum Gasteiger partial charge on any atom is 0.240 e. The number of anilines is 1. The molecule has 0 aliphatic heterocycles. The van der Waals surface area contributed by atoms with Gasteiger partial charge in [-0.1, -0.05) is 24.3 Å². The fourth-order valence-corrected chi connectivity index (χ4v) is 1.86. The summed E-state index contributed by atoms with van der Waals surface area (Å²) in [6, 6.07) is 17.0. The quantitative estimate of drug-likeness (QED) is 0.804. The van der Waals surface area contributed by atoms with Gasteiger partial charge in [0.2, 0.25) is 5.91 Å². The predicted octanol–water partition coefficient (Wildman–Crippen LogP) is 2.84. The smallest absolute Gasteiger partial charge is 0.240 e. The summed E-state index contributed by atoms with van der Waals surface area (Å²) in [6.07, 6.45) is 0. The summed E-state index contributed by atoms with van der Waals surface area (Å²) < 4.78 is 5.83. The lowest BCUT2D eigenvalue weighted by atomic mass is 10.2. The molecular weight excluding hydrogens is 278 g/mol. The number of ether oxygens (including phenoxy) is 1. The van der Waals surface area contributed by atoms with Gasteiger partial charge in [-0.3, -0.25) is 4.79 Å². The second-order valence-electron chi connectivity index (χ2n) is 4.70. The van der Waals surface area contributed by atoms with Crippen molar-refractivity contribution < 1.29 is 9.53 Å². The van der Waals surface area contributed by atoms with Crippen LogP contribution in [0.5, 0.6) is 11.5 Å². The Labute approximate surface area is 129 Å². The minimum Gasteiger partial charge on any atom is -0.455 e. The van der Waals surface area contributed by atoms with E-state index < -0.39 is 0 Å². The Hall–Kier alpha value is -3.00. The Balaban J connectivity index is 2.08. The number of carbonyl (C=O) groups excluding carboxylic acids is 1. The highest BCUT2D eigenvalue weighted by Crippen LogP contribution is 2.30. The molecule has 0 aliphatic carbocycles. The van der Waals surface area contributed by atoms with E-state index in [-0.39, 0.29) is 19.0 Å². The average Bonchev–Trinajstić information content (AvgIpc) is 2.54. The van der Waals surface area contributed by atoms with E-state index in [1.54, 1.807) is 0 Å². The van der Waals surface area contributed by atoms with E-state index in [0.29, 0.717) is 5.75 Å². The van der Waals surface area contributed by atoms with Crippen molar-refractivity contribution in [2.24, 2.45) is 0 Å². The molecular formula is C17H17N3O2. The molecule has 1 amide bonds. The topological polar surface area (TPSA) is 74.2 Å². The van der Waals surface area contributed by atoms with E-state index in [4.69, 9.17) is 10.00 Å². The Bertz CT molecular complexity index is 678. The number of benzene rings is 2. The van der Waals surface area contributed by atoms with Gasteiger partial charge in [-0.25, -0.2) is 0 Å². The third kappa shape index (κ3) is 4.53. The Morgan fingerprint density at radius 1 is 1.23 bits per heavy atom. The van der Waals surface area contributed by atoms with Crippen molar-refractivity contribution in [2.75, 3.05) is 18.4 Å². The summed E-state index contributed by atoms with van der Waals surface area (Å²) in [4.78, 5) is 11.6. The Morgan fingerprint density at radius 3 is 2.73 bits per heavy atom. The molecule has 112 valence electrons. The van der Waals surface area contributed by atoms with Crippen molar-refractivity contribution in [1.29, 1.82) is 5.26 Å². The van der Waals surface area contributed by atoms with Crippen LogP contribution in [0.1, 0.15) is 5.56 Å². The molecule has 0 bridgehead atoms. The highest BCUT2D eigenvalue weighted by Gasteiger charge is 2.07. The van der Waals surface area contributed by atoms with Crippen molar-refractivity contribution in [3.8, 4) is 17.6 Å². The number of aryl methyl sites for hydroxylation is 1. The number of rotatable bonds is 6.